The topological polar surface area (TPSA) is 57.4 Å². The van der Waals surface area contributed by atoms with Crippen LogP contribution in [-0.2, 0) is 11.2 Å². The van der Waals surface area contributed by atoms with E-state index in [9.17, 15) is 18.0 Å². The van der Waals surface area contributed by atoms with Gasteiger partial charge in [-0.05, 0) is 110 Å². The minimum absolute atomic E-state index is 0.0137. The van der Waals surface area contributed by atoms with Crippen molar-refractivity contribution in [1.82, 2.24) is 9.88 Å². The smallest absolute Gasteiger partial charge is 0.406 e. The molecule has 0 atom stereocenters. The van der Waals surface area contributed by atoms with Crippen molar-refractivity contribution in [3.05, 3.63) is 82.9 Å². The number of aromatic nitrogens is 1. The second kappa shape index (κ2) is 12.8. The summed E-state index contributed by atoms with van der Waals surface area (Å²) in [6.07, 6.45) is -1.16. The van der Waals surface area contributed by atoms with Gasteiger partial charge in [0.05, 0.1) is 0 Å². The third-order valence-electron chi connectivity index (χ3n) is 7.86. The lowest BCUT2D eigenvalue weighted by Gasteiger charge is -2.32. The van der Waals surface area contributed by atoms with Gasteiger partial charge in [-0.1, -0.05) is 49.7 Å². The predicted octanol–water partition coefficient (Wildman–Crippen LogP) is 8.79. The van der Waals surface area contributed by atoms with Gasteiger partial charge in [-0.2, -0.15) is 0 Å². The molecular formula is C33H35ClF3N3O2. The molecular weight excluding hydrogens is 563 g/mol. The number of nitrogens with one attached hydrogen (secondary N) is 2. The van der Waals surface area contributed by atoms with Crippen molar-refractivity contribution in [3.63, 3.8) is 0 Å². The van der Waals surface area contributed by atoms with E-state index in [1.807, 2.05) is 44.2 Å². The van der Waals surface area contributed by atoms with E-state index in [-0.39, 0.29) is 17.6 Å². The highest BCUT2D eigenvalue weighted by molar-refractivity contribution is 6.30. The molecule has 4 aromatic rings. The molecule has 3 aromatic carbocycles. The molecule has 1 aromatic heterocycles. The number of likely N-dealkylation sites (tertiary alicyclic amines) is 1. The second-order valence-corrected chi connectivity index (χ2v) is 11.7. The molecule has 1 aliphatic heterocycles. The number of H-pyrrole nitrogens is 1. The summed E-state index contributed by atoms with van der Waals surface area (Å²) in [6.45, 7) is 6.57. The van der Waals surface area contributed by atoms with Gasteiger partial charge in [0.1, 0.15) is 5.75 Å². The third-order valence-corrected chi connectivity index (χ3v) is 8.10. The van der Waals surface area contributed by atoms with E-state index < -0.39 is 6.36 Å². The number of amides is 1. The summed E-state index contributed by atoms with van der Waals surface area (Å²) in [5.74, 6) is 0.146. The number of piperidine rings is 1. The Morgan fingerprint density at radius 1 is 1.07 bits per heavy atom. The molecule has 2 N–H and O–H groups in total. The summed E-state index contributed by atoms with van der Waals surface area (Å²) < 4.78 is 43.0. The predicted molar refractivity (Wildman–Crippen MR) is 162 cm³/mol. The number of fused-ring (bicyclic) bond motifs is 1. The first kappa shape index (κ1) is 30.0. The van der Waals surface area contributed by atoms with E-state index in [0.29, 0.717) is 17.4 Å². The van der Waals surface area contributed by atoms with Gasteiger partial charge in [-0.3, -0.25) is 4.79 Å². The standard InChI is InChI=1S/C33H35ClF3N3O2/c1-21(2)32(41)38-26-9-4-6-23(19-26)22-13-16-40(17-14-22)15-5-10-28-29-20-27(42-33(35,36)37)11-12-30(29)39-31(28)24-7-3-8-25(34)18-24/h3-4,6-9,11-12,18-22,39H,5,10,13-17H2,1-2H3,(H,38,41). The lowest BCUT2D eigenvalue weighted by atomic mass is 9.89. The highest BCUT2D eigenvalue weighted by Crippen LogP contribution is 2.36. The van der Waals surface area contributed by atoms with Crippen molar-refractivity contribution in [2.24, 2.45) is 5.92 Å². The molecule has 1 fully saturated rings. The van der Waals surface area contributed by atoms with Crippen LogP contribution in [0.15, 0.2) is 66.7 Å². The van der Waals surface area contributed by atoms with E-state index in [0.717, 1.165) is 72.3 Å². The Labute approximate surface area is 249 Å². The lowest BCUT2D eigenvalue weighted by Crippen LogP contribution is -2.33. The Balaban J connectivity index is 1.25. The monoisotopic (exact) mass is 597 g/mol. The maximum absolute atomic E-state index is 12.9. The average Bonchev–Trinajstić information content (AvgIpc) is 3.30. The first-order chi connectivity index (χ1) is 20.1. The number of ether oxygens (including phenoxy) is 1. The molecule has 1 saturated heterocycles. The molecule has 0 unspecified atom stereocenters. The number of halogens is 4. The highest BCUT2D eigenvalue weighted by Gasteiger charge is 2.31. The Morgan fingerprint density at radius 3 is 2.55 bits per heavy atom. The molecule has 9 heteroatoms. The van der Waals surface area contributed by atoms with Crippen LogP contribution in [-0.4, -0.2) is 41.8 Å². The van der Waals surface area contributed by atoms with Gasteiger partial charge in [0, 0.05) is 33.2 Å². The summed E-state index contributed by atoms with van der Waals surface area (Å²) in [5, 5.41) is 4.30. The fourth-order valence-electron chi connectivity index (χ4n) is 5.70. The van der Waals surface area contributed by atoms with Gasteiger partial charge in [0.25, 0.3) is 0 Å². The molecule has 0 saturated carbocycles. The third kappa shape index (κ3) is 7.47. The lowest BCUT2D eigenvalue weighted by molar-refractivity contribution is -0.274. The number of aryl methyl sites for hydroxylation is 1. The molecule has 2 heterocycles. The van der Waals surface area contributed by atoms with E-state index in [1.165, 1.54) is 17.7 Å². The van der Waals surface area contributed by atoms with Crippen LogP contribution in [0.5, 0.6) is 5.75 Å². The number of alkyl halides is 3. The average molecular weight is 598 g/mol. The van der Waals surface area contributed by atoms with Crippen LogP contribution in [0.4, 0.5) is 18.9 Å². The number of hydrogen-bond donors (Lipinski definition) is 2. The number of rotatable bonds is 9. The van der Waals surface area contributed by atoms with E-state index in [2.05, 4.69) is 32.1 Å². The number of nitrogens with zero attached hydrogens (tertiary/aromatic N) is 1. The fraction of sp³-hybridized carbons (Fsp3) is 0.364. The quantitative estimate of drug-likeness (QED) is 0.203. The molecule has 1 aliphatic rings. The van der Waals surface area contributed by atoms with E-state index in [4.69, 9.17) is 11.6 Å². The van der Waals surface area contributed by atoms with Crippen molar-refractivity contribution >= 4 is 34.1 Å². The Kier molecular flexibility index (Phi) is 9.13. The molecule has 5 nitrogen and oxygen atoms in total. The number of anilines is 1. The van der Waals surface area contributed by atoms with Gasteiger partial charge in [0.15, 0.2) is 0 Å². The Hall–Kier alpha value is -3.49. The minimum Gasteiger partial charge on any atom is -0.406 e. The highest BCUT2D eigenvalue weighted by atomic mass is 35.5. The van der Waals surface area contributed by atoms with E-state index in [1.54, 1.807) is 12.1 Å². The number of carbonyl (C=O) groups is 1. The number of carbonyl (C=O) groups excluding carboxylic acids is 1. The number of aromatic amines is 1. The molecule has 0 bridgehead atoms. The van der Waals surface area contributed by atoms with Crippen molar-refractivity contribution in [1.29, 1.82) is 0 Å². The molecule has 0 radical (unpaired) electrons. The first-order valence-corrected chi connectivity index (χ1v) is 14.7. The van der Waals surface area contributed by atoms with Gasteiger partial charge >= 0.3 is 6.36 Å². The molecule has 222 valence electrons. The van der Waals surface area contributed by atoms with Crippen molar-refractivity contribution < 1.29 is 22.7 Å². The zero-order valence-corrected chi connectivity index (χ0v) is 24.5. The maximum Gasteiger partial charge on any atom is 0.573 e. The van der Waals surface area contributed by atoms with Crippen LogP contribution < -0.4 is 10.1 Å². The van der Waals surface area contributed by atoms with Gasteiger partial charge in [-0.25, -0.2) is 0 Å². The fourth-order valence-corrected chi connectivity index (χ4v) is 5.89. The molecule has 42 heavy (non-hydrogen) atoms. The zero-order valence-electron chi connectivity index (χ0n) is 23.7. The van der Waals surface area contributed by atoms with Crippen molar-refractivity contribution in [3.8, 4) is 17.0 Å². The SMILES string of the molecule is CC(C)C(=O)Nc1cccc(C2CCN(CCCc3c(-c4cccc(Cl)c4)[nH]c4ccc(OC(F)(F)F)cc34)CC2)c1. The van der Waals surface area contributed by atoms with Crippen LogP contribution >= 0.6 is 11.6 Å². The Bertz CT molecular complexity index is 1540. The summed E-state index contributed by atoms with van der Waals surface area (Å²) in [6, 6.07) is 20.0. The van der Waals surface area contributed by atoms with Crippen molar-refractivity contribution in [2.75, 3.05) is 25.0 Å². The van der Waals surface area contributed by atoms with E-state index >= 15 is 0 Å². The summed E-state index contributed by atoms with van der Waals surface area (Å²) in [4.78, 5) is 18.0. The zero-order chi connectivity index (χ0) is 29.9. The number of benzene rings is 3. The second-order valence-electron chi connectivity index (χ2n) is 11.2. The van der Waals surface area contributed by atoms with Gasteiger partial charge in [-0.15, -0.1) is 13.2 Å². The summed E-state index contributed by atoms with van der Waals surface area (Å²) >= 11 is 6.26. The van der Waals surface area contributed by atoms with Crippen molar-refractivity contribution in [2.45, 2.75) is 51.8 Å². The van der Waals surface area contributed by atoms with Gasteiger partial charge in [0.2, 0.25) is 5.91 Å². The molecule has 1 amide bonds. The summed E-state index contributed by atoms with van der Waals surface area (Å²) in [7, 11) is 0. The number of hydrogen-bond acceptors (Lipinski definition) is 3. The molecule has 5 rings (SSSR count). The normalized spacial score (nSPS) is 14.9. The Morgan fingerprint density at radius 2 is 1.83 bits per heavy atom. The first-order valence-electron chi connectivity index (χ1n) is 14.3. The summed E-state index contributed by atoms with van der Waals surface area (Å²) in [5.41, 5.74) is 5.54. The van der Waals surface area contributed by atoms with Gasteiger partial charge < -0.3 is 19.9 Å². The van der Waals surface area contributed by atoms with Crippen LogP contribution in [0.1, 0.15) is 50.2 Å². The minimum atomic E-state index is -4.75. The largest absolute Gasteiger partial charge is 0.573 e. The molecule has 0 aliphatic carbocycles. The molecule has 0 spiro atoms. The maximum atomic E-state index is 12.9. The van der Waals surface area contributed by atoms with Crippen LogP contribution in [0, 0.1) is 5.92 Å². The van der Waals surface area contributed by atoms with Crippen LogP contribution in [0.25, 0.3) is 22.2 Å². The van der Waals surface area contributed by atoms with Crippen LogP contribution in [0.3, 0.4) is 0 Å². The van der Waals surface area contributed by atoms with Crippen LogP contribution in [0.2, 0.25) is 5.02 Å².